The molecule has 22 heavy (non-hydrogen) atoms. The van der Waals surface area contributed by atoms with Crippen LogP contribution in [0.5, 0.6) is 0 Å². The molecule has 1 unspecified atom stereocenters. The molecule has 1 saturated heterocycles. The molecule has 0 radical (unpaired) electrons. The quantitative estimate of drug-likeness (QED) is 0.693. The monoisotopic (exact) mass is 330 g/mol. The molecule has 1 fully saturated rings. The largest absolute Gasteiger partial charge is 0.444 e. The van der Waals surface area contributed by atoms with E-state index in [4.69, 9.17) is 4.74 Å². The SMILES string of the molecule is CC(C)(C)OC(=O)NC1CNCC[C@@H]1CC(C)(C)[Si](C)(C)O. The third kappa shape index (κ3) is 5.89. The standard InChI is InChI=1S/C16H34N2O3Si/c1-15(2,3)21-14(19)18-13-11-17-9-8-12(13)10-16(4,5)22(6,7)20/h12-13,17,20H,8-11H2,1-7H3,(H,18,19)/t12-,13?/m1/s1. The van der Waals surface area contributed by atoms with Crippen LogP contribution in [0.25, 0.3) is 0 Å². The summed E-state index contributed by atoms with van der Waals surface area (Å²) in [7, 11) is -2.24. The normalized spacial score (nSPS) is 24.0. The van der Waals surface area contributed by atoms with E-state index in [0.29, 0.717) is 5.92 Å². The van der Waals surface area contributed by atoms with E-state index in [9.17, 15) is 9.59 Å². The van der Waals surface area contributed by atoms with E-state index in [1.165, 1.54) is 0 Å². The van der Waals surface area contributed by atoms with E-state index in [-0.39, 0.29) is 17.2 Å². The lowest BCUT2D eigenvalue weighted by atomic mass is 9.85. The molecule has 6 heteroatoms. The van der Waals surface area contributed by atoms with Gasteiger partial charge < -0.3 is 20.2 Å². The highest BCUT2D eigenvalue weighted by Gasteiger charge is 2.42. The second-order valence-electron chi connectivity index (χ2n) is 8.65. The summed E-state index contributed by atoms with van der Waals surface area (Å²) in [5, 5.41) is 6.27. The molecule has 1 amide bonds. The zero-order valence-electron chi connectivity index (χ0n) is 15.2. The van der Waals surface area contributed by atoms with E-state index in [0.717, 1.165) is 25.9 Å². The number of carbonyl (C=O) groups is 1. The maximum Gasteiger partial charge on any atom is 0.407 e. The first-order chi connectivity index (χ1) is 9.82. The Morgan fingerprint density at radius 3 is 2.41 bits per heavy atom. The Hall–Kier alpha value is -0.593. The number of ether oxygens (including phenoxy) is 1. The van der Waals surface area contributed by atoms with Gasteiger partial charge in [0.05, 0.1) is 0 Å². The minimum absolute atomic E-state index is 0.0548. The molecule has 0 aromatic rings. The Morgan fingerprint density at radius 1 is 1.32 bits per heavy atom. The van der Waals surface area contributed by atoms with Crippen LogP contribution in [-0.4, -0.2) is 43.9 Å². The minimum Gasteiger partial charge on any atom is -0.444 e. The van der Waals surface area contributed by atoms with Crippen LogP contribution in [0.1, 0.15) is 47.5 Å². The first-order valence-corrected chi connectivity index (χ1v) is 11.2. The molecule has 0 saturated carbocycles. The van der Waals surface area contributed by atoms with Crippen molar-refractivity contribution in [2.45, 2.75) is 77.2 Å². The van der Waals surface area contributed by atoms with Crippen molar-refractivity contribution >= 4 is 14.4 Å². The van der Waals surface area contributed by atoms with Crippen molar-refractivity contribution in [3.8, 4) is 0 Å². The molecule has 2 atom stereocenters. The zero-order valence-corrected chi connectivity index (χ0v) is 16.2. The topological polar surface area (TPSA) is 70.6 Å². The molecule has 130 valence electrons. The van der Waals surface area contributed by atoms with Crippen LogP contribution in [0.2, 0.25) is 18.1 Å². The van der Waals surface area contributed by atoms with Crippen LogP contribution in [0.3, 0.4) is 0 Å². The lowest BCUT2D eigenvalue weighted by molar-refractivity contribution is 0.0469. The zero-order chi connectivity index (χ0) is 17.2. The number of alkyl carbamates (subject to hydrolysis) is 1. The fourth-order valence-corrected chi connectivity index (χ4v) is 3.45. The van der Waals surface area contributed by atoms with Gasteiger partial charge in [-0.15, -0.1) is 0 Å². The van der Waals surface area contributed by atoms with Crippen molar-refractivity contribution in [1.29, 1.82) is 0 Å². The summed E-state index contributed by atoms with van der Waals surface area (Å²) >= 11 is 0. The van der Waals surface area contributed by atoms with E-state index in [2.05, 4.69) is 24.5 Å². The maximum atomic E-state index is 12.0. The van der Waals surface area contributed by atoms with Crippen molar-refractivity contribution < 1.29 is 14.3 Å². The molecule has 1 heterocycles. The van der Waals surface area contributed by atoms with Gasteiger partial charge in [-0.2, -0.15) is 0 Å². The first kappa shape index (κ1) is 19.5. The summed E-state index contributed by atoms with van der Waals surface area (Å²) in [6.45, 7) is 15.6. The highest BCUT2D eigenvalue weighted by Crippen LogP contribution is 2.43. The summed E-state index contributed by atoms with van der Waals surface area (Å²) in [6, 6.07) is 0.0548. The molecule has 0 aromatic carbocycles. The van der Waals surface area contributed by atoms with Gasteiger partial charge in [0.25, 0.3) is 0 Å². The van der Waals surface area contributed by atoms with E-state index < -0.39 is 13.9 Å². The average Bonchev–Trinajstić information content (AvgIpc) is 2.27. The van der Waals surface area contributed by atoms with Crippen LogP contribution in [0.15, 0.2) is 0 Å². The van der Waals surface area contributed by atoms with Crippen LogP contribution in [0, 0.1) is 5.92 Å². The molecule has 0 aromatic heterocycles. The fourth-order valence-electron chi connectivity index (χ4n) is 2.69. The van der Waals surface area contributed by atoms with Gasteiger partial charge in [-0.25, -0.2) is 4.79 Å². The van der Waals surface area contributed by atoms with Crippen molar-refractivity contribution in [1.82, 2.24) is 10.6 Å². The van der Waals surface area contributed by atoms with Gasteiger partial charge in [-0.05, 0) is 64.2 Å². The van der Waals surface area contributed by atoms with Crippen LogP contribution >= 0.6 is 0 Å². The molecule has 5 nitrogen and oxygen atoms in total. The Kier molecular flexibility index (Phi) is 6.09. The molecule has 1 aliphatic heterocycles. The maximum absolute atomic E-state index is 12.0. The van der Waals surface area contributed by atoms with Crippen molar-refractivity contribution in [2.24, 2.45) is 5.92 Å². The summed E-state index contributed by atoms with van der Waals surface area (Å²) in [6.07, 6.45) is 1.57. The third-order valence-electron chi connectivity index (χ3n) is 4.76. The minimum atomic E-state index is -2.24. The predicted octanol–water partition coefficient (Wildman–Crippen LogP) is 2.86. The number of hydrogen-bond acceptors (Lipinski definition) is 4. The van der Waals surface area contributed by atoms with Gasteiger partial charge in [-0.3, -0.25) is 0 Å². The second-order valence-corrected chi connectivity index (χ2v) is 13.1. The van der Waals surface area contributed by atoms with E-state index in [1.54, 1.807) is 0 Å². The summed E-state index contributed by atoms with van der Waals surface area (Å²) in [4.78, 5) is 22.5. The molecule has 0 aliphatic carbocycles. The summed E-state index contributed by atoms with van der Waals surface area (Å²) in [5.41, 5.74) is -0.485. The van der Waals surface area contributed by atoms with Crippen LogP contribution in [-0.2, 0) is 4.74 Å². The van der Waals surface area contributed by atoms with E-state index >= 15 is 0 Å². The number of rotatable bonds is 4. The molecule has 1 aliphatic rings. The third-order valence-corrected chi connectivity index (χ3v) is 8.27. The Morgan fingerprint density at radius 2 is 1.91 bits per heavy atom. The van der Waals surface area contributed by atoms with Gasteiger partial charge in [0.15, 0.2) is 8.32 Å². The Bertz CT molecular complexity index is 386. The van der Waals surface area contributed by atoms with Gasteiger partial charge in [0.2, 0.25) is 0 Å². The van der Waals surface area contributed by atoms with E-state index in [1.807, 2.05) is 33.9 Å². The number of nitrogens with one attached hydrogen (secondary N) is 2. The van der Waals surface area contributed by atoms with Crippen molar-refractivity contribution in [3.05, 3.63) is 0 Å². The molecule has 0 spiro atoms. The summed E-state index contributed by atoms with van der Waals surface area (Å²) in [5.74, 6) is 0.364. The lowest BCUT2D eigenvalue weighted by Gasteiger charge is -2.42. The van der Waals surface area contributed by atoms with Gasteiger partial charge >= 0.3 is 6.09 Å². The molecule has 3 N–H and O–H groups in total. The fraction of sp³-hybridized carbons (Fsp3) is 0.938. The molecule has 0 bridgehead atoms. The van der Waals surface area contributed by atoms with Gasteiger partial charge in [0, 0.05) is 12.6 Å². The number of piperidine rings is 1. The lowest BCUT2D eigenvalue weighted by Crippen LogP contribution is -2.53. The molecular formula is C16H34N2O3Si. The molecule has 1 rings (SSSR count). The van der Waals surface area contributed by atoms with Crippen LogP contribution < -0.4 is 10.6 Å². The first-order valence-electron chi connectivity index (χ1n) is 8.24. The van der Waals surface area contributed by atoms with Gasteiger partial charge in [-0.1, -0.05) is 13.8 Å². The highest BCUT2D eigenvalue weighted by atomic mass is 28.4. The number of hydrogen-bond donors (Lipinski definition) is 3. The highest BCUT2D eigenvalue weighted by molar-refractivity contribution is 6.72. The number of carbonyl (C=O) groups excluding carboxylic acids is 1. The Balaban J connectivity index is 2.70. The number of amides is 1. The smallest absolute Gasteiger partial charge is 0.407 e. The second kappa shape index (κ2) is 6.89. The Labute approximate surface area is 136 Å². The van der Waals surface area contributed by atoms with Crippen LogP contribution in [0.4, 0.5) is 4.79 Å². The van der Waals surface area contributed by atoms with Crippen molar-refractivity contribution in [3.63, 3.8) is 0 Å². The van der Waals surface area contributed by atoms with Crippen molar-refractivity contribution in [2.75, 3.05) is 13.1 Å². The predicted molar refractivity (Wildman–Crippen MR) is 92.5 cm³/mol. The average molecular weight is 331 g/mol. The summed E-state index contributed by atoms with van der Waals surface area (Å²) < 4.78 is 5.37. The van der Waals surface area contributed by atoms with Gasteiger partial charge in [0.1, 0.15) is 5.60 Å². The molecular weight excluding hydrogens is 296 g/mol.